The normalized spacial score (nSPS) is 10.8. The van der Waals surface area contributed by atoms with Crippen molar-refractivity contribution in [2.45, 2.75) is 0 Å². The Hall–Kier alpha value is -1.63. The van der Waals surface area contributed by atoms with E-state index >= 15 is 0 Å². The molecule has 0 bridgehead atoms. The van der Waals surface area contributed by atoms with Gasteiger partial charge in [0.1, 0.15) is 24.0 Å². The number of nitriles is 1. The van der Waals surface area contributed by atoms with E-state index in [0.717, 1.165) is 3.57 Å². The summed E-state index contributed by atoms with van der Waals surface area (Å²) >= 11 is 9.03. The van der Waals surface area contributed by atoms with Crippen LogP contribution in [0.1, 0.15) is 5.56 Å². The van der Waals surface area contributed by atoms with Crippen molar-refractivity contribution in [2.24, 2.45) is 0 Å². The fourth-order valence-electron chi connectivity index (χ4n) is 2.02. The molecule has 1 amide bonds. The molecule has 0 saturated heterocycles. The zero-order valence-corrected chi connectivity index (χ0v) is 18.8. The van der Waals surface area contributed by atoms with Crippen molar-refractivity contribution in [3.8, 4) is 11.8 Å². The summed E-state index contributed by atoms with van der Waals surface area (Å²) in [6.07, 6.45) is 3.17. The average Bonchev–Trinajstić information content (AvgIpc) is 2.59. The molecular weight excluding hydrogens is 575 g/mol. The van der Waals surface area contributed by atoms with Crippen LogP contribution in [0.2, 0.25) is 0 Å². The summed E-state index contributed by atoms with van der Waals surface area (Å²) in [4.78, 5) is 12.4. The number of ether oxygens (including phenoxy) is 1. The smallest absolute Gasteiger partial charge is 0.266 e. The molecule has 0 saturated carbocycles. The Morgan fingerprint density at radius 3 is 2.58 bits per heavy atom. The van der Waals surface area contributed by atoms with Crippen LogP contribution in [0.25, 0.3) is 6.08 Å². The van der Waals surface area contributed by atoms with Gasteiger partial charge < -0.3 is 10.1 Å². The van der Waals surface area contributed by atoms with Crippen LogP contribution < -0.4 is 10.1 Å². The fourth-order valence-corrected chi connectivity index (χ4v) is 4.02. The average molecular weight is 588 g/mol. The fraction of sp³-hybridized carbons (Fsp3) is 0.0526. The van der Waals surface area contributed by atoms with E-state index < -0.39 is 5.91 Å². The zero-order chi connectivity index (χ0) is 19.1. The molecule has 1 N–H and O–H groups in total. The molecule has 0 aliphatic heterocycles. The molecule has 0 radical (unpaired) electrons. The van der Waals surface area contributed by atoms with Crippen LogP contribution in [-0.2, 0) is 4.79 Å². The van der Waals surface area contributed by atoms with Gasteiger partial charge in [-0.25, -0.2) is 0 Å². The van der Waals surface area contributed by atoms with E-state index in [4.69, 9.17) is 4.74 Å². The second kappa shape index (κ2) is 9.90. The number of carbonyl (C=O) groups is 1. The number of amides is 1. The number of hydrogen-bond acceptors (Lipinski definition) is 3. The van der Waals surface area contributed by atoms with E-state index in [1.165, 1.54) is 6.08 Å². The monoisotopic (exact) mass is 586 g/mol. The van der Waals surface area contributed by atoms with Crippen molar-refractivity contribution >= 4 is 72.1 Å². The van der Waals surface area contributed by atoms with Crippen LogP contribution in [0, 0.1) is 14.9 Å². The molecule has 0 aromatic heterocycles. The highest BCUT2D eigenvalue weighted by atomic mass is 127. The number of carbonyl (C=O) groups excluding carboxylic acids is 1. The zero-order valence-electron chi connectivity index (χ0n) is 13.4. The third kappa shape index (κ3) is 5.69. The van der Waals surface area contributed by atoms with Crippen LogP contribution in [0.5, 0.6) is 5.75 Å². The van der Waals surface area contributed by atoms with Gasteiger partial charge in [-0.15, -0.1) is 0 Å². The van der Waals surface area contributed by atoms with Gasteiger partial charge in [0, 0.05) is 9.26 Å². The Balaban J connectivity index is 2.26. The Bertz CT molecular complexity index is 897. The summed E-state index contributed by atoms with van der Waals surface area (Å²) in [5.74, 6) is 0.164. The number of nitrogens with zero attached hydrogens (tertiary/aromatic N) is 1. The van der Waals surface area contributed by atoms with Crippen molar-refractivity contribution in [2.75, 3.05) is 11.9 Å². The Kier molecular flexibility index (Phi) is 7.87. The van der Waals surface area contributed by atoms with E-state index in [-0.39, 0.29) is 5.57 Å². The van der Waals surface area contributed by atoms with Gasteiger partial charge in [0.05, 0.1) is 8.95 Å². The molecule has 0 spiro atoms. The molecule has 2 rings (SSSR count). The molecule has 132 valence electrons. The largest absolute Gasteiger partial charge is 0.487 e. The van der Waals surface area contributed by atoms with Crippen LogP contribution >= 0.6 is 54.5 Å². The molecule has 2 aromatic rings. The predicted molar refractivity (Wildman–Crippen MR) is 119 cm³/mol. The molecule has 0 fully saturated rings. The topological polar surface area (TPSA) is 62.1 Å². The lowest BCUT2D eigenvalue weighted by Gasteiger charge is -2.10. The van der Waals surface area contributed by atoms with E-state index in [2.05, 4.69) is 66.3 Å². The van der Waals surface area contributed by atoms with Crippen LogP contribution in [0.15, 0.2) is 63.6 Å². The second-order valence-electron chi connectivity index (χ2n) is 5.05. The molecule has 7 heteroatoms. The number of hydrogen-bond donors (Lipinski definition) is 1. The lowest BCUT2D eigenvalue weighted by atomic mass is 10.1. The Morgan fingerprint density at radius 2 is 2.00 bits per heavy atom. The van der Waals surface area contributed by atoms with Gasteiger partial charge in [-0.2, -0.15) is 5.26 Å². The van der Waals surface area contributed by atoms with Gasteiger partial charge in [0.2, 0.25) is 0 Å². The highest BCUT2D eigenvalue weighted by Crippen LogP contribution is 2.35. The van der Waals surface area contributed by atoms with Gasteiger partial charge in [0.15, 0.2) is 0 Å². The summed E-state index contributed by atoms with van der Waals surface area (Å²) in [5, 5.41) is 12.1. The number of nitrogens with one attached hydrogen (secondary N) is 1. The highest BCUT2D eigenvalue weighted by molar-refractivity contribution is 14.1. The molecule has 0 aliphatic carbocycles. The van der Waals surface area contributed by atoms with Crippen molar-refractivity contribution in [1.29, 1.82) is 5.26 Å². The molecule has 26 heavy (non-hydrogen) atoms. The lowest BCUT2D eigenvalue weighted by Crippen LogP contribution is -2.13. The third-order valence-electron chi connectivity index (χ3n) is 3.12. The quantitative estimate of drug-likeness (QED) is 0.197. The molecule has 4 nitrogen and oxygen atoms in total. The molecule has 0 atom stereocenters. The number of anilines is 1. The summed E-state index contributed by atoms with van der Waals surface area (Å²) < 4.78 is 7.96. The molecular formula is C19H13Br2IN2O2. The molecule has 0 unspecified atom stereocenters. The van der Waals surface area contributed by atoms with Crippen molar-refractivity contribution in [1.82, 2.24) is 0 Å². The number of halogens is 3. The Morgan fingerprint density at radius 1 is 1.31 bits per heavy atom. The molecule has 0 heterocycles. The van der Waals surface area contributed by atoms with Crippen LogP contribution in [-0.4, -0.2) is 12.5 Å². The van der Waals surface area contributed by atoms with Gasteiger partial charge in [-0.1, -0.05) is 18.7 Å². The minimum Gasteiger partial charge on any atom is -0.487 e. The van der Waals surface area contributed by atoms with E-state index in [1.807, 2.05) is 24.3 Å². The first-order valence-electron chi connectivity index (χ1n) is 7.36. The maximum absolute atomic E-state index is 12.4. The SMILES string of the molecule is C=CCOc1c(Br)cc(/C=C(\C#N)C(=O)Nc2cccc(I)c2)cc1Br. The van der Waals surface area contributed by atoms with Crippen molar-refractivity contribution < 1.29 is 9.53 Å². The lowest BCUT2D eigenvalue weighted by molar-refractivity contribution is -0.112. The van der Waals surface area contributed by atoms with Gasteiger partial charge in [-0.05, 0) is 96.4 Å². The van der Waals surface area contributed by atoms with Crippen LogP contribution in [0.3, 0.4) is 0 Å². The van der Waals surface area contributed by atoms with E-state index in [9.17, 15) is 10.1 Å². The first kappa shape index (κ1) is 20.7. The summed E-state index contributed by atoms with van der Waals surface area (Å²) in [7, 11) is 0. The minimum atomic E-state index is -0.464. The standard InChI is InChI=1S/C19H13Br2IN2O2/c1-2-6-26-18-16(20)8-12(9-17(18)21)7-13(11-23)19(25)24-15-5-3-4-14(22)10-15/h2-5,7-10H,1,6H2,(H,24,25)/b13-7+. The second-order valence-corrected chi connectivity index (χ2v) is 8.00. The van der Waals surface area contributed by atoms with Crippen molar-refractivity contribution in [3.63, 3.8) is 0 Å². The van der Waals surface area contributed by atoms with Crippen molar-refractivity contribution in [3.05, 3.63) is 72.7 Å². The summed E-state index contributed by atoms with van der Waals surface area (Å²) in [5.41, 5.74) is 1.32. The molecule has 2 aromatic carbocycles. The van der Waals surface area contributed by atoms with E-state index in [1.54, 1.807) is 24.3 Å². The van der Waals surface area contributed by atoms with Gasteiger partial charge in [0.25, 0.3) is 5.91 Å². The first-order valence-corrected chi connectivity index (χ1v) is 10.0. The number of benzene rings is 2. The maximum atomic E-state index is 12.4. The van der Waals surface area contributed by atoms with Gasteiger partial charge >= 0.3 is 0 Å². The maximum Gasteiger partial charge on any atom is 0.266 e. The minimum absolute atomic E-state index is 0.00224. The third-order valence-corrected chi connectivity index (χ3v) is 4.97. The van der Waals surface area contributed by atoms with E-state index in [0.29, 0.717) is 32.6 Å². The van der Waals surface area contributed by atoms with Crippen LogP contribution in [0.4, 0.5) is 5.69 Å². The predicted octanol–water partition coefficient (Wildman–Crippen LogP) is 5.93. The number of rotatable bonds is 6. The summed E-state index contributed by atoms with van der Waals surface area (Å²) in [6, 6.07) is 12.9. The first-order chi connectivity index (χ1) is 12.4. The highest BCUT2D eigenvalue weighted by Gasteiger charge is 2.12. The molecule has 0 aliphatic rings. The summed E-state index contributed by atoms with van der Waals surface area (Å²) in [6.45, 7) is 3.99. The van der Waals surface area contributed by atoms with Gasteiger partial charge in [-0.3, -0.25) is 4.79 Å². The Labute approximate surface area is 182 Å².